The quantitative estimate of drug-likeness (QED) is 0.314. The monoisotopic (exact) mass is 295 g/mol. The van der Waals surface area contributed by atoms with Crippen LogP contribution in [-0.2, 0) is 4.74 Å². The molecule has 7 nitrogen and oxygen atoms in total. The van der Waals surface area contributed by atoms with Crippen LogP contribution in [0.1, 0.15) is 36.5 Å². The summed E-state index contributed by atoms with van der Waals surface area (Å²) < 4.78 is 5.37. The average molecular weight is 295 g/mol. The third-order valence-corrected chi connectivity index (χ3v) is 2.89. The molecular formula is C14H21N3O4. The number of nitrogens with one attached hydrogen (secondary N) is 1. The highest BCUT2D eigenvalue weighted by molar-refractivity contribution is 5.99. The van der Waals surface area contributed by atoms with E-state index >= 15 is 0 Å². The molecule has 0 aromatic heterocycles. The number of hydrogen-bond donors (Lipinski definition) is 2. The van der Waals surface area contributed by atoms with Crippen LogP contribution >= 0.6 is 0 Å². The number of carbonyl (C=O) groups is 1. The number of non-ortho nitro benzene ring substituents is 1. The minimum atomic E-state index is -0.558. The zero-order valence-electron chi connectivity index (χ0n) is 12.1. The summed E-state index contributed by atoms with van der Waals surface area (Å²) in [4.78, 5) is 22.1. The van der Waals surface area contributed by atoms with Gasteiger partial charge in [-0.25, -0.2) is 0 Å². The Morgan fingerprint density at radius 2 is 2.10 bits per heavy atom. The summed E-state index contributed by atoms with van der Waals surface area (Å²) in [7, 11) is 0. The molecule has 0 saturated heterocycles. The maximum absolute atomic E-state index is 11.9. The number of nitrogens with zero attached hydrogens (tertiary/aromatic N) is 1. The number of carbonyl (C=O) groups excluding carboxylic acids is 1. The van der Waals surface area contributed by atoms with Gasteiger partial charge in [0.25, 0.3) is 11.6 Å². The Morgan fingerprint density at radius 1 is 1.38 bits per heavy atom. The zero-order chi connectivity index (χ0) is 15.7. The fourth-order valence-electron chi connectivity index (χ4n) is 1.67. The van der Waals surface area contributed by atoms with Gasteiger partial charge in [0, 0.05) is 37.6 Å². The van der Waals surface area contributed by atoms with Crippen LogP contribution in [0.2, 0.25) is 0 Å². The molecule has 116 valence electrons. The van der Waals surface area contributed by atoms with E-state index in [0.29, 0.717) is 19.6 Å². The molecule has 0 saturated carbocycles. The number of nitrogen functional groups attached to an aromatic ring is 1. The van der Waals surface area contributed by atoms with E-state index < -0.39 is 10.8 Å². The minimum absolute atomic E-state index is 0.121. The van der Waals surface area contributed by atoms with Gasteiger partial charge in [-0.15, -0.1) is 0 Å². The number of rotatable bonds is 9. The van der Waals surface area contributed by atoms with Gasteiger partial charge >= 0.3 is 0 Å². The van der Waals surface area contributed by atoms with Gasteiger partial charge in [0.2, 0.25) is 0 Å². The molecule has 3 N–H and O–H groups in total. The lowest BCUT2D eigenvalue weighted by molar-refractivity contribution is -0.384. The molecule has 0 unspecified atom stereocenters. The number of unbranched alkanes of at least 4 members (excludes halogenated alkanes) is 1. The van der Waals surface area contributed by atoms with E-state index in [4.69, 9.17) is 10.5 Å². The van der Waals surface area contributed by atoms with E-state index in [1.807, 2.05) is 0 Å². The van der Waals surface area contributed by atoms with Crippen LogP contribution < -0.4 is 11.1 Å². The van der Waals surface area contributed by atoms with Gasteiger partial charge in [0.05, 0.1) is 10.5 Å². The average Bonchev–Trinajstić information content (AvgIpc) is 2.46. The molecule has 0 atom stereocenters. The predicted octanol–water partition coefficient (Wildman–Crippen LogP) is 2.11. The number of nitrogens with two attached hydrogens (primary N) is 1. The Labute approximate surface area is 123 Å². The van der Waals surface area contributed by atoms with Crippen LogP contribution in [0.5, 0.6) is 0 Å². The van der Waals surface area contributed by atoms with Crippen LogP contribution in [0, 0.1) is 10.1 Å². The van der Waals surface area contributed by atoms with Crippen LogP contribution in [-0.4, -0.2) is 30.6 Å². The van der Waals surface area contributed by atoms with Crippen molar-refractivity contribution >= 4 is 17.3 Å². The Hall–Kier alpha value is -2.15. The standard InChI is InChI=1S/C14H21N3O4/c1-2-3-8-21-9-4-7-16-14(18)12-10-11(17(19)20)5-6-13(12)15/h5-6,10H,2-4,7-9,15H2,1H3,(H,16,18). The largest absolute Gasteiger partial charge is 0.398 e. The molecule has 1 amide bonds. The van der Waals surface area contributed by atoms with Crippen LogP contribution in [0.3, 0.4) is 0 Å². The first-order valence-corrected chi connectivity index (χ1v) is 6.96. The van der Waals surface area contributed by atoms with Crippen LogP contribution in [0.15, 0.2) is 18.2 Å². The predicted molar refractivity (Wildman–Crippen MR) is 80.2 cm³/mol. The van der Waals surface area contributed by atoms with Crippen molar-refractivity contribution in [3.8, 4) is 0 Å². The van der Waals surface area contributed by atoms with Crippen molar-refractivity contribution in [2.24, 2.45) is 0 Å². The normalized spacial score (nSPS) is 10.3. The Kier molecular flexibility index (Phi) is 7.17. The van der Waals surface area contributed by atoms with Gasteiger partial charge in [0.15, 0.2) is 0 Å². The first-order chi connectivity index (χ1) is 10.1. The van der Waals surface area contributed by atoms with Crippen molar-refractivity contribution < 1.29 is 14.5 Å². The van der Waals surface area contributed by atoms with E-state index in [1.54, 1.807) is 0 Å². The maximum atomic E-state index is 11.9. The summed E-state index contributed by atoms with van der Waals surface area (Å²) in [6, 6.07) is 3.82. The number of nitro benzene ring substituents is 1. The van der Waals surface area contributed by atoms with E-state index in [9.17, 15) is 14.9 Å². The molecular weight excluding hydrogens is 274 g/mol. The number of benzene rings is 1. The van der Waals surface area contributed by atoms with E-state index in [1.165, 1.54) is 18.2 Å². The van der Waals surface area contributed by atoms with Crippen molar-refractivity contribution in [3.63, 3.8) is 0 Å². The molecule has 0 aliphatic heterocycles. The molecule has 0 spiro atoms. The first kappa shape index (κ1) is 16.9. The second-order valence-electron chi connectivity index (χ2n) is 4.60. The van der Waals surface area contributed by atoms with E-state index in [-0.39, 0.29) is 16.9 Å². The third kappa shape index (κ3) is 5.78. The van der Waals surface area contributed by atoms with E-state index in [0.717, 1.165) is 19.4 Å². The molecule has 0 bridgehead atoms. The van der Waals surface area contributed by atoms with Gasteiger partial charge in [-0.2, -0.15) is 0 Å². The second kappa shape index (κ2) is 8.91. The highest BCUT2D eigenvalue weighted by Crippen LogP contribution is 2.19. The third-order valence-electron chi connectivity index (χ3n) is 2.89. The molecule has 21 heavy (non-hydrogen) atoms. The summed E-state index contributed by atoms with van der Waals surface area (Å²) >= 11 is 0. The molecule has 0 aliphatic rings. The lowest BCUT2D eigenvalue weighted by atomic mass is 10.1. The Morgan fingerprint density at radius 3 is 2.76 bits per heavy atom. The molecule has 0 fully saturated rings. The topological polar surface area (TPSA) is 107 Å². The molecule has 0 aliphatic carbocycles. The highest BCUT2D eigenvalue weighted by Gasteiger charge is 2.14. The smallest absolute Gasteiger partial charge is 0.270 e. The Balaban J connectivity index is 2.41. The summed E-state index contributed by atoms with van der Waals surface area (Å²) in [6.45, 7) is 3.83. The SMILES string of the molecule is CCCCOCCCNC(=O)c1cc([N+](=O)[O-])ccc1N. The van der Waals surface area contributed by atoms with Gasteiger partial charge in [-0.05, 0) is 18.9 Å². The molecule has 7 heteroatoms. The number of amides is 1. The van der Waals surface area contributed by atoms with Crippen molar-refractivity contribution in [1.82, 2.24) is 5.32 Å². The lowest BCUT2D eigenvalue weighted by Crippen LogP contribution is -2.26. The minimum Gasteiger partial charge on any atom is -0.398 e. The summed E-state index contributed by atoms with van der Waals surface area (Å²) in [5.74, 6) is -0.412. The number of hydrogen-bond acceptors (Lipinski definition) is 5. The lowest BCUT2D eigenvalue weighted by Gasteiger charge is -2.08. The first-order valence-electron chi connectivity index (χ1n) is 6.96. The van der Waals surface area contributed by atoms with Crippen molar-refractivity contribution in [3.05, 3.63) is 33.9 Å². The van der Waals surface area contributed by atoms with Gasteiger partial charge in [0.1, 0.15) is 0 Å². The van der Waals surface area contributed by atoms with Crippen LogP contribution in [0.4, 0.5) is 11.4 Å². The molecule has 1 aromatic carbocycles. The van der Waals surface area contributed by atoms with Crippen molar-refractivity contribution in [1.29, 1.82) is 0 Å². The summed E-state index contributed by atoms with van der Waals surface area (Å²) in [5.41, 5.74) is 5.85. The zero-order valence-corrected chi connectivity index (χ0v) is 12.1. The van der Waals surface area contributed by atoms with Crippen molar-refractivity contribution in [2.45, 2.75) is 26.2 Å². The molecule has 0 heterocycles. The fourth-order valence-corrected chi connectivity index (χ4v) is 1.67. The number of nitro groups is 1. The summed E-state index contributed by atoms with van der Waals surface area (Å²) in [5, 5.41) is 13.4. The maximum Gasteiger partial charge on any atom is 0.270 e. The van der Waals surface area contributed by atoms with Gasteiger partial charge < -0.3 is 15.8 Å². The fraction of sp³-hybridized carbons (Fsp3) is 0.500. The van der Waals surface area contributed by atoms with Crippen molar-refractivity contribution in [2.75, 3.05) is 25.5 Å². The van der Waals surface area contributed by atoms with Gasteiger partial charge in [-0.1, -0.05) is 13.3 Å². The second-order valence-corrected chi connectivity index (χ2v) is 4.60. The highest BCUT2D eigenvalue weighted by atomic mass is 16.6. The summed E-state index contributed by atoms with van der Waals surface area (Å²) in [6.07, 6.45) is 2.80. The number of anilines is 1. The molecule has 0 radical (unpaired) electrons. The molecule has 1 aromatic rings. The number of ether oxygens (including phenoxy) is 1. The van der Waals surface area contributed by atoms with E-state index in [2.05, 4.69) is 12.2 Å². The van der Waals surface area contributed by atoms with Gasteiger partial charge in [-0.3, -0.25) is 14.9 Å². The Bertz CT molecular complexity index is 491. The van der Waals surface area contributed by atoms with Crippen LogP contribution in [0.25, 0.3) is 0 Å². The molecule has 1 rings (SSSR count).